The van der Waals surface area contributed by atoms with Crippen LogP contribution < -0.4 is 5.32 Å². The minimum absolute atomic E-state index is 0. The fourth-order valence-electron chi connectivity index (χ4n) is 3.18. The highest BCUT2D eigenvalue weighted by atomic mass is 127. The third kappa shape index (κ3) is 7.51. The molecule has 0 bridgehead atoms. The van der Waals surface area contributed by atoms with E-state index >= 15 is 0 Å². The van der Waals surface area contributed by atoms with Gasteiger partial charge in [-0.15, -0.1) is 24.0 Å². The predicted molar refractivity (Wildman–Crippen MR) is 130 cm³/mol. The Labute approximate surface area is 194 Å². The topological polar surface area (TPSA) is 51.2 Å². The molecule has 1 aliphatic heterocycles. The SMILES string of the molecule is CCNC(=NCCC(=O)N(C)C)N1CCN(C(C)c2ccc(Br)cc2)CC1.I. The molecule has 2 rings (SSSR count). The molecule has 28 heavy (non-hydrogen) atoms. The zero-order valence-corrected chi connectivity index (χ0v) is 21.2. The number of nitrogens with zero attached hydrogens (tertiary/aromatic N) is 4. The lowest BCUT2D eigenvalue weighted by Gasteiger charge is -2.39. The van der Waals surface area contributed by atoms with Crippen molar-refractivity contribution >= 4 is 51.8 Å². The molecule has 8 heteroatoms. The molecule has 0 aromatic heterocycles. The Balaban J connectivity index is 0.00000392. The Morgan fingerprint density at radius 1 is 1.21 bits per heavy atom. The van der Waals surface area contributed by atoms with Crippen molar-refractivity contribution in [2.24, 2.45) is 4.99 Å². The van der Waals surface area contributed by atoms with Gasteiger partial charge in [-0.25, -0.2) is 0 Å². The number of carbonyl (C=O) groups is 1. The number of rotatable bonds is 6. The Morgan fingerprint density at radius 3 is 2.36 bits per heavy atom. The van der Waals surface area contributed by atoms with Crippen molar-refractivity contribution in [1.82, 2.24) is 20.0 Å². The second kappa shape index (κ2) is 12.6. The highest BCUT2D eigenvalue weighted by Crippen LogP contribution is 2.23. The third-order valence-corrected chi connectivity index (χ3v) is 5.46. The van der Waals surface area contributed by atoms with Crippen LogP contribution in [0.5, 0.6) is 0 Å². The number of hydrogen-bond donors (Lipinski definition) is 1. The maximum atomic E-state index is 11.7. The van der Waals surface area contributed by atoms with Gasteiger partial charge in [0, 0.05) is 63.8 Å². The van der Waals surface area contributed by atoms with Crippen LogP contribution in [0.1, 0.15) is 31.9 Å². The number of nitrogens with one attached hydrogen (secondary N) is 1. The smallest absolute Gasteiger partial charge is 0.223 e. The van der Waals surface area contributed by atoms with Gasteiger partial charge in [0.15, 0.2) is 5.96 Å². The van der Waals surface area contributed by atoms with Crippen LogP contribution >= 0.6 is 39.9 Å². The second-order valence-corrected chi connectivity index (χ2v) is 7.94. The van der Waals surface area contributed by atoms with E-state index in [0.29, 0.717) is 19.0 Å². The maximum absolute atomic E-state index is 11.7. The largest absolute Gasteiger partial charge is 0.357 e. The van der Waals surface area contributed by atoms with Crippen LogP contribution in [0.2, 0.25) is 0 Å². The molecule has 1 fully saturated rings. The first-order valence-electron chi connectivity index (χ1n) is 9.65. The molecule has 158 valence electrons. The summed E-state index contributed by atoms with van der Waals surface area (Å²) >= 11 is 3.50. The van der Waals surface area contributed by atoms with E-state index in [1.165, 1.54) is 5.56 Å². The van der Waals surface area contributed by atoms with Gasteiger partial charge in [-0.1, -0.05) is 28.1 Å². The van der Waals surface area contributed by atoms with Crippen LogP contribution in [0.25, 0.3) is 0 Å². The van der Waals surface area contributed by atoms with Gasteiger partial charge in [-0.05, 0) is 31.5 Å². The molecule has 1 N–H and O–H groups in total. The molecule has 1 aliphatic rings. The normalized spacial score (nSPS) is 16.3. The van der Waals surface area contributed by atoms with E-state index in [0.717, 1.165) is 43.2 Å². The molecule has 0 saturated carbocycles. The Bertz CT molecular complexity index is 630. The highest BCUT2D eigenvalue weighted by molar-refractivity contribution is 14.0. The third-order valence-electron chi connectivity index (χ3n) is 4.93. The van der Waals surface area contributed by atoms with Gasteiger partial charge in [-0.3, -0.25) is 14.7 Å². The molecule has 1 aromatic rings. The lowest BCUT2D eigenvalue weighted by Crippen LogP contribution is -2.52. The van der Waals surface area contributed by atoms with Gasteiger partial charge >= 0.3 is 0 Å². The van der Waals surface area contributed by atoms with E-state index in [4.69, 9.17) is 0 Å². The van der Waals surface area contributed by atoms with E-state index in [1.807, 2.05) is 0 Å². The number of piperazine rings is 1. The van der Waals surface area contributed by atoms with Crippen LogP contribution in [0.3, 0.4) is 0 Å². The van der Waals surface area contributed by atoms with E-state index in [2.05, 4.69) is 74.2 Å². The molecule has 1 amide bonds. The van der Waals surface area contributed by atoms with Crippen molar-refractivity contribution in [3.8, 4) is 0 Å². The summed E-state index contributed by atoms with van der Waals surface area (Å²) in [4.78, 5) is 22.8. The molecule has 1 atom stereocenters. The van der Waals surface area contributed by atoms with Crippen molar-refractivity contribution in [1.29, 1.82) is 0 Å². The van der Waals surface area contributed by atoms with Crippen LogP contribution in [0.4, 0.5) is 0 Å². The molecule has 0 radical (unpaired) electrons. The average Bonchev–Trinajstić information content (AvgIpc) is 2.67. The maximum Gasteiger partial charge on any atom is 0.223 e. The van der Waals surface area contributed by atoms with Crippen molar-refractivity contribution in [3.63, 3.8) is 0 Å². The summed E-state index contributed by atoms with van der Waals surface area (Å²) in [6.07, 6.45) is 0.447. The Hall–Kier alpha value is -0.870. The Kier molecular flexibility index (Phi) is 11.4. The first-order chi connectivity index (χ1) is 12.9. The van der Waals surface area contributed by atoms with Gasteiger partial charge in [0.2, 0.25) is 5.91 Å². The molecule has 1 saturated heterocycles. The molecule has 0 spiro atoms. The van der Waals surface area contributed by atoms with Crippen LogP contribution in [-0.2, 0) is 4.79 Å². The average molecular weight is 566 g/mol. The zero-order valence-electron chi connectivity index (χ0n) is 17.3. The summed E-state index contributed by atoms with van der Waals surface area (Å²) in [6, 6.07) is 8.99. The van der Waals surface area contributed by atoms with Crippen molar-refractivity contribution < 1.29 is 4.79 Å². The molecule has 1 unspecified atom stereocenters. The van der Waals surface area contributed by atoms with Gasteiger partial charge in [0.1, 0.15) is 0 Å². The summed E-state index contributed by atoms with van der Waals surface area (Å²) in [5, 5.41) is 3.36. The predicted octanol–water partition coefficient (Wildman–Crippen LogP) is 3.19. The van der Waals surface area contributed by atoms with E-state index in [1.54, 1.807) is 19.0 Å². The molecular formula is C20H33BrIN5O. The molecule has 6 nitrogen and oxygen atoms in total. The van der Waals surface area contributed by atoms with Gasteiger partial charge in [0.25, 0.3) is 0 Å². The van der Waals surface area contributed by atoms with Crippen LogP contribution in [0.15, 0.2) is 33.7 Å². The van der Waals surface area contributed by atoms with Gasteiger partial charge in [0.05, 0.1) is 6.54 Å². The minimum atomic E-state index is 0. The molecule has 0 aliphatic carbocycles. The number of benzene rings is 1. The number of hydrogen-bond acceptors (Lipinski definition) is 3. The minimum Gasteiger partial charge on any atom is -0.357 e. The van der Waals surface area contributed by atoms with Crippen molar-refractivity contribution in [3.05, 3.63) is 34.3 Å². The number of amides is 1. The first kappa shape index (κ1) is 25.2. The zero-order chi connectivity index (χ0) is 19.8. The molecule has 1 aromatic carbocycles. The van der Waals surface area contributed by atoms with Gasteiger partial charge in [-0.2, -0.15) is 0 Å². The highest BCUT2D eigenvalue weighted by Gasteiger charge is 2.23. The second-order valence-electron chi connectivity index (χ2n) is 7.02. The van der Waals surface area contributed by atoms with Gasteiger partial charge < -0.3 is 15.1 Å². The van der Waals surface area contributed by atoms with Crippen molar-refractivity contribution in [2.75, 3.05) is 53.4 Å². The lowest BCUT2D eigenvalue weighted by molar-refractivity contribution is -0.128. The van der Waals surface area contributed by atoms with E-state index < -0.39 is 0 Å². The summed E-state index contributed by atoms with van der Waals surface area (Å²) in [5.41, 5.74) is 1.34. The number of carbonyl (C=O) groups excluding carboxylic acids is 1. The summed E-state index contributed by atoms with van der Waals surface area (Å²) < 4.78 is 1.11. The lowest BCUT2D eigenvalue weighted by atomic mass is 10.1. The molecule has 1 heterocycles. The fourth-order valence-corrected chi connectivity index (χ4v) is 3.44. The summed E-state index contributed by atoms with van der Waals surface area (Å²) in [6.45, 7) is 9.57. The van der Waals surface area contributed by atoms with Crippen molar-refractivity contribution in [2.45, 2.75) is 26.3 Å². The monoisotopic (exact) mass is 565 g/mol. The van der Waals surface area contributed by atoms with Crippen LogP contribution in [0, 0.1) is 0 Å². The van der Waals surface area contributed by atoms with Crippen LogP contribution in [-0.4, -0.2) is 79.9 Å². The standard InChI is InChI=1S/C20H32BrN5O.HI/c1-5-22-20(23-11-10-19(27)24(3)4)26-14-12-25(13-15-26)16(2)17-6-8-18(21)9-7-17;/h6-9,16H,5,10-15H2,1-4H3,(H,22,23);1H. The number of guanidine groups is 1. The Morgan fingerprint density at radius 2 is 1.82 bits per heavy atom. The van der Waals surface area contributed by atoms with E-state index in [-0.39, 0.29) is 29.9 Å². The summed E-state index contributed by atoms with van der Waals surface area (Å²) in [5.74, 6) is 1.03. The fraction of sp³-hybridized carbons (Fsp3) is 0.600. The quantitative estimate of drug-likeness (QED) is 0.327. The van der Waals surface area contributed by atoms with E-state index in [9.17, 15) is 4.79 Å². The first-order valence-corrected chi connectivity index (χ1v) is 10.4. The number of halogens is 2. The summed E-state index contributed by atoms with van der Waals surface area (Å²) in [7, 11) is 3.56. The molecular weight excluding hydrogens is 533 g/mol. The number of aliphatic imine (C=N–C) groups is 1.